The monoisotopic (exact) mass is 339 g/mol. The van der Waals surface area contributed by atoms with Crippen LogP contribution in [0.1, 0.15) is 36.5 Å². The van der Waals surface area contributed by atoms with Crippen molar-refractivity contribution in [2.24, 2.45) is 0 Å². The van der Waals surface area contributed by atoms with Crippen LogP contribution in [0.5, 0.6) is 5.75 Å². The van der Waals surface area contributed by atoms with E-state index >= 15 is 0 Å². The van der Waals surface area contributed by atoms with Gasteiger partial charge in [-0.25, -0.2) is 0 Å². The van der Waals surface area contributed by atoms with E-state index in [1.165, 1.54) is 6.42 Å². The van der Waals surface area contributed by atoms with E-state index in [0.717, 1.165) is 30.8 Å². The summed E-state index contributed by atoms with van der Waals surface area (Å²) in [7, 11) is 1.59. The molecule has 1 saturated heterocycles. The fourth-order valence-corrected chi connectivity index (χ4v) is 3.32. The summed E-state index contributed by atoms with van der Waals surface area (Å²) in [5, 5.41) is 3.02. The van der Waals surface area contributed by atoms with E-state index in [1.807, 2.05) is 24.3 Å². The summed E-state index contributed by atoms with van der Waals surface area (Å²) in [6.07, 6.45) is 3.57. The average Bonchev–Trinajstić information content (AvgIpc) is 2.63. The Bertz CT molecular complexity index is 760. The number of methoxy groups -OCH3 is 1. The molecule has 1 aliphatic heterocycles. The summed E-state index contributed by atoms with van der Waals surface area (Å²) in [6.45, 7) is 3.22. The maximum Gasteiger partial charge on any atom is 0.255 e. The van der Waals surface area contributed by atoms with Crippen molar-refractivity contribution in [3.05, 3.63) is 48.0 Å². The summed E-state index contributed by atoms with van der Waals surface area (Å²) < 4.78 is 5.20. The first-order valence-corrected chi connectivity index (χ1v) is 8.70. The average molecular weight is 339 g/mol. The van der Waals surface area contributed by atoms with Gasteiger partial charge in [0.2, 0.25) is 0 Å². The fourth-order valence-electron chi connectivity index (χ4n) is 3.32. The highest BCUT2D eigenvalue weighted by Gasteiger charge is 2.22. The number of amides is 1. The highest BCUT2D eigenvalue weighted by molar-refractivity contribution is 6.06. The number of ether oxygens (including phenoxy) is 1. The van der Waals surface area contributed by atoms with E-state index in [-0.39, 0.29) is 5.91 Å². The molecule has 1 heterocycles. The van der Waals surface area contributed by atoms with Crippen LogP contribution in [0.4, 0.5) is 17.1 Å². The Morgan fingerprint density at radius 3 is 2.84 bits per heavy atom. The molecule has 132 valence electrons. The van der Waals surface area contributed by atoms with Crippen LogP contribution in [0.3, 0.4) is 0 Å². The molecule has 0 unspecified atom stereocenters. The van der Waals surface area contributed by atoms with Gasteiger partial charge in [0.25, 0.3) is 5.91 Å². The minimum atomic E-state index is -0.171. The van der Waals surface area contributed by atoms with Crippen molar-refractivity contribution in [3.8, 4) is 5.75 Å². The molecule has 3 N–H and O–H groups in total. The van der Waals surface area contributed by atoms with Gasteiger partial charge in [0, 0.05) is 23.8 Å². The van der Waals surface area contributed by atoms with Crippen LogP contribution in [0.15, 0.2) is 42.5 Å². The van der Waals surface area contributed by atoms with Gasteiger partial charge in [-0.2, -0.15) is 0 Å². The van der Waals surface area contributed by atoms with E-state index in [9.17, 15) is 4.79 Å². The topological polar surface area (TPSA) is 67.6 Å². The molecule has 2 aromatic rings. The number of anilines is 3. The first-order valence-electron chi connectivity index (χ1n) is 8.70. The molecule has 1 atom stereocenters. The van der Waals surface area contributed by atoms with Crippen molar-refractivity contribution >= 4 is 23.0 Å². The number of piperidine rings is 1. The third-order valence-corrected chi connectivity index (χ3v) is 4.71. The van der Waals surface area contributed by atoms with Crippen LogP contribution in [-0.4, -0.2) is 25.6 Å². The molecule has 2 aromatic carbocycles. The first kappa shape index (κ1) is 17.1. The molecule has 0 spiro atoms. The lowest BCUT2D eigenvalue weighted by Gasteiger charge is -2.36. The molecule has 5 nitrogen and oxygen atoms in total. The quantitative estimate of drug-likeness (QED) is 0.829. The van der Waals surface area contributed by atoms with E-state index in [0.29, 0.717) is 23.0 Å². The Morgan fingerprint density at radius 2 is 2.08 bits per heavy atom. The normalized spacial score (nSPS) is 17.2. The van der Waals surface area contributed by atoms with Crippen molar-refractivity contribution in [1.29, 1.82) is 0 Å². The molecular formula is C20H25N3O2. The van der Waals surface area contributed by atoms with Gasteiger partial charge in [0.05, 0.1) is 18.5 Å². The highest BCUT2D eigenvalue weighted by atomic mass is 16.5. The zero-order valence-corrected chi connectivity index (χ0v) is 14.8. The fraction of sp³-hybridized carbons (Fsp3) is 0.350. The summed E-state index contributed by atoms with van der Waals surface area (Å²) in [5.41, 5.74) is 8.93. The summed E-state index contributed by atoms with van der Waals surface area (Å²) >= 11 is 0. The van der Waals surface area contributed by atoms with Gasteiger partial charge in [-0.1, -0.05) is 6.07 Å². The summed E-state index contributed by atoms with van der Waals surface area (Å²) in [4.78, 5) is 15.0. The first-order chi connectivity index (χ1) is 12.1. The van der Waals surface area contributed by atoms with Gasteiger partial charge >= 0.3 is 0 Å². The lowest BCUT2D eigenvalue weighted by atomic mass is 10.0. The molecular weight excluding hydrogens is 314 g/mol. The molecule has 1 amide bonds. The van der Waals surface area contributed by atoms with Crippen molar-refractivity contribution in [3.63, 3.8) is 0 Å². The number of rotatable bonds is 4. The van der Waals surface area contributed by atoms with Gasteiger partial charge in [-0.3, -0.25) is 4.79 Å². The van der Waals surface area contributed by atoms with Gasteiger partial charge in [0.1, 0.15) is 5.75 Å². The molecule has 0 saturated carbocycles. The SMILES string of the molecule is COc1cccc(C(=O)Nc2cc(N)ccc2N2CCCC[C@H]2C)c1. The van der Waals surface area contributed by atoms with Crippen LogP contribution in [0.25, 0.3) is 0 Å². The Labute approximate surface area is 148 Å². The Kier molecular flexibility index (Phi) is 5.12. The predicted octanol–water partition coefficient (Wildman–Crippen LogP) is 3.91. The van der Waals surface area contributed by atoms with Gasteiger partial charge in [-0.15, -0.1) is 0 Å². The van der Waals surface area contributed by atoms with E-state index < -0.39 is 0 Å². The highest BCUT2D eigenvalue weighted by Crippen LogP contribution is 2.33. The van der Waals surface area contributed by atoms with Gasteiger partial charge in [0.15, 0.2) is 0 Å². The second-order valence-corrected chi connectivity index (χ2v) is 6.50. The number of carbonyl (C=O) groups is 1. The Morgan fingerprint density at radius 1 is 1.24 bits per heavy atom. The van der Waals surface area contributed by atoms with Crippen molar-refractivity contribution in [1.82, 2.24) is 0 Å². The smallest absolute Gasteiger partial charge is 0.255 e. The molecule has 0 aromatic heterocycles. The van der Waals surface area contributed by atoms with Crippen LogP contribution in [0, 0.1) is 0 Å². The van der Waals surface area contributed by atoms with Crippen LogP contribution >= 0.6 is 0 Å². The number of benzene rings is 2. The Balaban J connectivity index is 1.88. The maximum absolute atomic E-state index is 12.7. The van der Waals surface area contributed by atoms with Crippen molar-refractivity contribution < 1.29 is 9.53 Å². The minimum Gasteiger partial charge on any atom is -0.497 e. The van der Waals surface area contributed by atoms with E-state index in [1.54, 1.807) is 25.3 Å². The lowest BCUT2D eigenvalue weighted by molar-refractivity contribution is 0.102. The summed E-state index contributed by atoms with van der Waals surface area (Å²) in [6, 6.07) is 13.3. The molecule has 1 aliphatic rings. The van der Waals surface area contributed by atoms with Crippen LogP contribution in [-0.2, 0) is 0 Å². The number of carbonyl (C=O) groups excluding carboxylic acids is 1. The number of nitrogens with zero attached hydrogens (tertiary/aromatic N) is 1. The zero-order chi connectivity index (χ0) is 17.8. The Hall–Kier alpha value is -2.69. The molecule has 0 aliphatic carbocycles. The summed E-state index contributed by atoms with van der Waals surface area (Å²) in [5.74, 6) is 0.487. The molecule has 5 heteroatoms. The molecule has 0 radical (unpaired) electrons. The zero-order valence-electron chi connectivity index (χ0n) is 14.8. The largest absolute Gasteiger partial charge is 0.497 e. The number of nitrogens with two attached hydrogens (primary N) is 1. The standard InChI is InChI=1S/C20H25N3O2/c1-14-6-3-4-11-23(14)19-10-9-16(21)13-18(19)22-20(24)15-7-5-8-17(12-15)25-2/h5,7-10,12-14H,3-4,6,11,21H2,1-2H3,(H,22,24)/t14-/m1/s1. The van der Waals surface area contributed by atoms with Crippen LogP contribution in [0.2, 0.25) is 0 Å². The lowest BCUT2D eigenvalue weighted by Crippen LogP contribution is -2.38. The van der Waals surface area contributed by atoms with Crippen molar-refractivity contribution in [2.45, 2.75) is 32.2 Å². The minimum absolute atomic E-state index is 0.171. The third kappa shape index (κ3) is 3.87. The molecule has 25 heavy (non-hydrogen) atoms. The predicted molar refractivity (Wildman–Crippen MR) is 102 cm³/mol. The number of hydrogen-bond donors (Lipinski definition) is 2. The van der Waals surface area contributed by atoms with Gasteiger partial charge < -0.3 is 20.7 Å². The number of hydrogen-bond acceptors (Lipinski definition) is 4. The van der Waals surface area contributed by atoms with Crippen molar-refractivity contribution in [2.75, 3.05) is 29.6 Å². The number of nitrogen functional groups attached to an aromatic ring is 1. The molecule has 3 rings (SSSR count). The van der Waals surface area contributed by atoms with E-state index in [2.05, 4.69) is 17.1 Å². The maximum atomic E-state index is 12.7. The van der Waals surface area contributed by atoms with Crippen LogP contribution < -0.4 is 20.7 Å². The van der Waals surface area contributed by atoms with Gasteiger partial charge in [-0.05, 0) is 62.6 Å². The second-order valence-electron chi connectivity index (χ2n) is 6.50. The molecule has 0 bridgehead atoms. The number of nitrogens with one attached hydrogen (secondary N) is 1. The third-order valence-electron chi connectivity index (χ3n) is 4.71. The van der Waals surface area contributed by atoms with E-state index in [4.69, 9.17) is 10.5 Å². The second kappa shape index (κ2) is 7.47. The molecule has 1 fully saturated rings.